The highest BCUT2D eigenvalue weighted by Gasteiger charge is 2.22. The van der Waals surface area contributed by atoms with E-state index in [1.807, 2.05) is 45.1 Å². The molecule has 5 rings (SSSR count). The fraction of sp³-hybridized carbons (Fsp3) is 0.250. The van der Waals surface area contributed by atoms with Crippen molar-refractivity contribution in [1.29, 1.82) is 0 Å². The van der Waals surface area contributed by atoms with Crippen molar-refractivity contribution in [2.24, 2.45) is 0 Å². The van der Waals surface area contributed by atoms with Crippen molar-refractivity contribution in [3.8, 4) is 11.3 Å². The fourth-order valence-electron chi connectivity index (χ4n) is 4.02. The minimum atomic E-state index is 0.172. The van der Waals surface area contributed by atoms with E-state index >= 15 is 0 Å². The molecule has 1 amide bonds. The number of aryl methyl sites for hydroxylation is 1. The number of hydrogen-bond acceptors (Lipinski definition) is 4. The number of carbonyl (C=O) groups excluding carboxylic acids is 1. The topological polar surface area (TPSA) is 40.8 Å². The molecule has 4 aromatic rings. The molecule has 7 heteroatoms. The molecule has 31 heavy (non-hydrogen) atoms. The number of fused-ring (bicyclic) bond motifs is 1. The van der Waals surface area contributed by atoms with E-state index in [9.17, 15) is 4.79 Å². The van der Waals surface area contributed by atoms with Crippen LogP contribution in [0, 0.1) is 6.92 Å². The van der Waals surface area contributed by atoms with E-state index in [1.54, 1.807) is 11.3 Å². The Hall–Kier alpha value is -2.83. The van der Waals surface area contributed by atoms with Crippen molar-refractivity contribution in [1.82, 2.24) is 14.3 Å². The molecule has 2 aromatic carbocycles. The first-order valence-electron chi connectivity index (χ1n) is 10.4. The van der Waals surface area contributed by atoms with Crippen LogP contribution in [0.5, 0.6) is 0 Å². The van der Waals surface area contributed by atoms with Gasteiger partial charge in [0.25, 0.3) is 0 Å². The number of rotatable bonds is 4. The number of piperazine rings is 1. The van der Waals surface area contributed by atoms with E-state index < -0.39 is 0 Å². The smallest absolute Gasteiger partial charge is 0.228 e. The lowest BCUT2D eigenvalue weighted by Gasteiger charge is -2.36. The number of aromatic nitrogens is 2. The number of nitrogens with zero attached hydrogens (tertiary/aromatic N) is 4. The van der Waals surface area contributed by atoms with Gasteiger partial charge in [0, 0.05) is 59.7 Å². The Morgan fingerprint density at radius 2 is 1.87 bits per heavy atom. The van der Waals surface area contributed by atoms with Crippen LogP contribution in [0.4, 0.5) is 5.69 Å². The van der Waals surface area contributed by atoms with E-state index in [4.69, 9.17) is 16.6 Å². The van der Waals surface area contributed by atoms with Gasteiger partial charge in [0.15, 0.2) is 4.96 Å². The molecule has 3 heterocycles. The van der Waals surface area contributed by atoms with Crippen LogP contribution >= 0.6 is 22.9 Å². The Bertz CT molecular complexity index is 1220. The molecule has 1 aliphatic rings. The summed E-state index contributed by atoms with van der Waals surface area (Å²) in [5.41, 5.74) is 5.39. The molecule has 158 valence electrons. The van der Waals surface area contributed by atoms with Crippen LogP contribution in [-0.2, 0) is 11.2 Å². The molecule has 1 aliphatic heterocycles. The van der Waals surface area contributed by atoms with Gasteiger partial charge < -0.3 is 9.80 Å². The Labute approximate surface area is 190 Å². The molecule has 2 aromatic heterocycles. The predicted molar refractivity (Wildman–Crippen MR) is 127 cm³/mol. The third-order valence-electron chi connectivity index (χ3n) is 5.75. The zero-order valence-electron chi connectivity index (χ0n) is 17.3. The van der Waals surface area contributed by atoms with Crippen molar-refractivity contribution < 1.29 is 4.79 Å². The molecule has 0 bridgehead atoms. The largest absolute Gasteiger partial charge is 0.368 e. The van der Waals surface area contributed by atoms with E-state index in [0.717, 1.165) is 48.1 Å². The molecule has 0 aliphatic carbocycles. The van der Waals surface area contributed by atoms with Gasteiger partial charge in [-0.05, 0) is 36.8 Å². The van der Waals surface area contributed by atoms with E-state index in [-0.39, 0.29) is 5.91 Å². The number of carbonyl (C=O) groups is 1. The standard InChI is InChI=1S/C24H23ClN4OS/c1-17-3-2-4-20(13-17)27-9-11-28(12-10-27)23(30)14-21-16-31-24-26-22(15-29(21)24)18-5-7-19(25)8-6-18/h2-8,13,15-16H,9-12,14H2,1H3. The number of anilines is 1. The molecule has 0 atom stereocenters. The molecule has 0 radical (unpaired) electrons. The monoisotopic (exact) mass is 450 g/mol. The van der Waals surface area contributed by atoms with Crippen LogP contribution in [0.25, 0.3) is 16.2 Å². The lowest BCUT2D eigenvalue weighted by Crippen LogP contribution is -2.49. The van der Waals surface area contributed by atoms with Crippen LogP contribution in [0.15, 0.2) is 60.1 Å². The SMILES string of the molecule is Cc1cccc(N2CCN(C(=O)Cc3csc4nc(-c5ccc(Cl)cc5)cn34)CC2)c1. The first-order valence-corrected chi connectivity index (χ1v) is 11.6. The second-order valence-electron chi connectivity index (χ2n) is 7.90. The van der Waals surface area contributed by atoms with Crippen LogP contribution in [0.3, 0.4) is 0 Å². The minimum Gasteiger partial charge on any atom is -0.368 e. The number of imidazole rings is 1. The van der Waals surface area contributed by atoms with Crippen LogP contribution in [-0.4, -0.2) is 46.4 Å². The fourth-order valence-corrected chi connectivity index (χ4v) is 5.02. The van der Waals surface area contributed by atoms with Crippen molar-refractivity contribution in [2.75, 3.05) is 31.1 Å². The number of halogens is 1. The Balaban J connectivity index is 1.26. The maximum absolute atomic E-state index is 13.0. The summed E-state index contributed by atoms with van der Waals surface area (Å²) in [5.74, 6) is 0.172. The Morgan fingerprint density at radius 1 is 1.10 bits per heavy atom. The van der Waals surface area contributed by atoms with E-state index in [1.165, 1.54) is 11.3 Å². The number of benzene rings is 2. The normalized spacial score (nSPS) is 14.4. The molecule has 0 N–H and O–H groups in total. The summed E-state index contributed by atoms with van der Waals surface area (Å²) in [7, 11) is 0. The van der Waals surface area contributed by atoms with Crippen molar-refractivity contribution >= 4 is 39.5 Å². The minimum absolute atomic E-state index is 0.172. The van der Waals surface area contributed by atoms with E-state index in [2.05, 4.69) is 36.1 Å². The van der Waals surface area contributed by atoms with Gasteiger partial charge in [0.1, 0.15) is 0 Å². The average molecular weight is 451 g/mol. The van der Waals surface area contributed by atoms with Gasteiger partial charge in [-0.1, -0.05) is 35.9 Å². The van der Waals surface area contributed by atoms with E-state index in [0.29, 0.717) is 11.4 Å². The van der Waals surface area contributed by atoms with Crippen molar-refractivity contribution in [3.63, 3.8) is 0 Å². The third kappa shape index (κ3) is 4.18. The maximum Gasteiger partial charge on any atom is 0.228 e. The number of thiazole rings is 1. The summed E-state index contributed by atoms with van der Waals surface area (Å²) >= 11 is 7.56. The van der Waals surface area contributed by atoms with Gasteiger partial charge >= 0.3 is 0 Å². The lowest BCUT2D eigenvalue weighted by atomic mass is 10.2. The summed E-state index contributed by atoms with van der Waals surface area (Å²) in [4.78, 5) is 22.9. The summed E-state index contributed by atoms with van der Waals surface area (Å²) in [6, 6.07) is 16.2. The second-order valence-corrected chi connectivity index (χ2v) is 9.17. The average Bonchev–Trinajstić information content (AvgIpc) is 3.36. The highest BCUT2D eigenvalue weighted by Crippen LogP contribution is 2.25. The number of hydrogen-bond donors (Lipinski definition) is 0. The zero-order chi connectivity index (χ0) is 21.4. The molecule has 1 fully saturated rings. The molecular formula is C24H23ClN4OS. The lowest BCUT2D eigenvalue weighted by molar-refractivity contribution is -0.130. The molecule has 1 saturated heterocycles. The van der Waals surface area contributed by atoms with Gasteiger partial charge in [-0.2, -0.15) is 0 Å². The van der Waals surface area contributed by atoms with Crippen LogP contribution < -0.4 is 4.90 Å². The molecule has 0 unspecified atom stereocenters. The summed E-state index contributed by atoms with van der Waals surface area (Å²) < 4.78 is 2.04. The Kier molecular flexibility index (Phi) is 5.42. The van der Waals surface area contributed by atoms with Gasteiger partial charge in [-0.3, -0.25) is 9.20 Å². The molecule has 0 saturated carbocycles. The first kappa shape index (κ1) is 20.1. The predicted octanol–water partition coefficient (Wildman–Crippen LogP) is 4.92. The molecule has 0 spiro atoms. The van der Waals surface area contributed by atoms with Gasteiger partial charge in [-0.15, -0.1) is 11.3 Å². The Morgan fingerprint density at radius 3 is 2.61 bits per heavy atom. The highest BCUT2D eigenvalue weighted by atomic mass is 35.5. The van der Waals surface area contributed by atoms with Crippen molar-refractivity contribution in [2.45, 2.75) is 13.3 Å². The van der Waals surface area contributed by atoms with Crippen molar-refractivity contribution in [3.05, 3.63) is 76.4 Å². The zero-order valence-corrected chi connectivity index (χ0v) is 18.9. The van der Waals surface area contributed by atoms with Gasteiger partial charge in [0.05, 0.1) is 12.1 Å². The first-order chi connectivity index (χ1) is 15.1. The van der Waals surface area contributed by atoms with Gasteiger partial charge in [0.2, 0.25) is 5.91 Å². The molecular weight excluding hydrogens is 428 g/mol. The third-order valence-corrected chi connectivity index (χ3v) is 6.90. The summed E-state index contributed by atoms with van der Waals surface area (Å²) in [5, 5.41) is 2.74. The molecule has 5 nitrogen and oxygen atoms in total. The maximum atomic E-state index is 13.0. The van der Waals surface area contributed by atoms with Gasteiger partial charge in [-0.25, -0.2) is 4.98 Å². The number of amides is 1. The van der Waals surface area contributed by atoms with Crippen LogP contribution in [0.1, 0.15) is 11.3 Å². The quantitative estimate of drug-likeness (QED) is 0.443. The summed E-state index contributed by atoms with van der Waals surface area (Å²) in [6.45, 7) is 5.33. The second kappa shape index (κ2) is 8.36. The summed E-state index contributed by atoms with van der Waals surface area (Å²) in [6.07, 6.45) is 2.40. The van der Waals surface area contributed by atoms with Crippen LogP contribution in [0.2, 0.25) is 5.02 Å². The highest BCUT2D eigenvalue weighted by molar-refractivity contribution is 7.15.